The van der Waals surface area contributed by atoms with Crippen LogP contribution >= 0.6 is 0 Å². The number of aliphatic hydroxyl groups is 2. The van der Waals surface area contributed by atoms with E-state index < -0.39 is 30.4 Å². The van der Waals surface area contributed by atoms with Gasteiger partial charge in [-0.1, -0.05) is 0 Å². The molecule has 0 aliphatic rings. The first-order valence-electron chi connectivity index (χ1n) is 3.04. The van der Waals surface area contributed by atoms with Gasteiger partial charge in [-0.25, -0.2) is 0 Å². The van der Waals surface area contributed by atoms with E-state index in [9.17, 15) is 19.5 Å². The first-order valence-corrected chi connectivity index (χ1v) is 3.04. The number of hydrogen-bond acceptors (Lipinski definition) is 6. The lowest BCUT2D eigenvalue weighted by atomic mass is 10.1. The molecular formula is C6H7O6-. The maximum atomic E-state index is 10.3. The Morgan fingerprint density at radius 2 is 1.92 bits per heavy atom. The van der Waals surface area contributed by atoms with Crippen molar-refractivity contribution < 1.29 is 29.7 Å². The second kappa shape index (κ2) is 4.58. The molecule has 6 nitrogen and oxygen atoms in total. The van der Waals surface area contributed by atoms with Gasteiger partial charge in [-0.05, 0) is 0 Å². The molecule has 0 fully saturated rings. The topological polar surface area (TPSA) is 115 Å². The van der Waals surface area contributed by atoms with Gasteiger partial charge in [-0.2, -0.15) is 0 Å². The van der Waals surface area contributed by atoms with Crippen molar-refractivity contribution in [3.05, 3.63) is 0 Å². The van der Waals surface area contributed by atoms with Crippen molar-refractivity contribution in [1.29, 1.82) is 0 Å². The molecule has 2 atom stereocenters. The van der Waals surface area contributed by atoms with Crippen molar-refractivity contribution in [1.82, 2.24) is 0 Å². The molecule has 0 saturated heterocycles. The highest BCUT2D eigenvalue weighted by Crippen LogP contribution is 1.97. The zero-order valence-electron chi connectivity index (χ0n) is 5.97. The largest absolute Gasteiger partial charge is 0.542 e. The van der Waals surface area contributed by atoms with Crippen LogP contribution < -0.4 is 5.11 Å². The molecule has 0 saturated carbocycles. The highest BCUT2D eigenvalue weighted by atomic mass is 16.4. The van der Waals surface area contributed by atoms with Crippen molar-refractivity contribution in [3.8, 4) is 0 Å². The zero-order valence-corrected chi connectivity index (χ0v) is 5.97. The molecule has 0 rings (SSSR count). The summed E-state index contributed by atoms with van der Waals surface area (Å²) in [4.78, 5) is 29.9. The summed E-state index contributed by atoms with van der Waals surface area (Å²) in [6, 6.07) is 0. The van der Waals surface area contributed by atoms with Crippen molar-refractivity contribution in [3.63, 3.8) is 0 Å². The molecule has 12 heavy (non-hydrogen) atoms. The Balaban J connectivity index is 4.00. The first kappa shape index (κ1) is 10.7. The monoisotopic (exact) mass is 175 g/mol. The molecule has 68 valence electrons. The van der Waals surface area contributed by atoms with Crippen LogP contribution in [0.25, 0.3) is 0 Å². The molecule has 0 aliphatic heterocycles. The van der Waals surface area contributed by atoms with E-state index in [1.807, 2.05) is 0 Å². The van der Waals surface area contributed by atoms with E-state index in [-0.39, 0.29) is 6.29 Å². The van der Waals surface area contributed by atoms with Crippen LogP contribution in [0.3, 0.4) is 0 Å². The number of ketones is 1. The van der Waals surface area contributed by atoms with E-state index in [2.05, 4.69) is 0 Å². The molecular weight excluding hydrogens is 168 g/mol. The van der Waals surface area contributed by atoms with Crippen molar-refractivity contribution in [2.24, 2.45) is 0 Å². The number of aliphatic carboxylic acids is 1. The summed E-state index contributed by atoms with van der Waals surface area (Å²) in [5.74, 6) is -3.31. The Morgan fingerprint density at radius 1 is 1.42 bits per heavy atom. The van der Waals surface area contributed by atoms with Gasteiger partial charge in [0.05, 0.1) is 6.10 Å². The van der Waals surface area contributed by atoms with Gasteiger partial charge < -0.3 is 24.9 Å². The van der Waals surface area contributed by atoms with Crippen LogP contribution in [0.2, 0.25) is 0 Å². The molecule has 0 spiro atoms. The number of Topliss-reactive ketones (excluding diaryl/α,β-unsaturated/α-hetero) is 1. The fraction of sp³-hybridized carbons (Fsp3) is 0.500. The number of carboxylic acid groups (broad SMARTS) is 1. The number of aliphatic hydroxyl groups excluding tert-OH is 2. The molecule has 0 unspecified atom stereocenters. The molecule has 0 heterocycles. The van der Waals surface area contributed by atoms with Gasteiger partial charge in [-0.3, -0.25) is 4.79 Å². The van der Waals surface area contributed by atoms with Crippen LogP contribution in [-0.4, -0.2) is 40.5 Å². The minimum absolute atomic E-state index is 0.00717. The molecule has 0 amide bonds. The Morgan fingerprint density at radius 3 is 2.25 bits per heavy atom. The Labute approximate surface area is 67.4 Å². The summed E-state index contributed by atoms with van der Waals surface area (Å²) in [6.07, 6.45) is -4.25. The minimum atomic E-state index is -1.95. The van der Waals surface area contributed by atoms with Gasteiger partial charge in [-0.15, -0.1) is 0 Å². The van der Waals surface area contributed by atoms with Gasteiger partial charge in [0, 0.05) is 6.42 Å². The Bertz CT molecular complexity index is 198. The van der Waals surface area contributed by atoms with Crippen molar-refractivity contribution >= 4 is 18.0 Å². The molecule has 0 radical (unpaired) electrons. The normalized spacial score (nSPS) is 14.8. The lowest BCUT2D eigenvalue weighted by Crippen LogP contribution is -2.37. The molecule has 0 bridgehead atoms. The smallest absolute Gasteiger partial charge is 0.180 e. The average molecular weight is 175 g/mol. The third kappa shape index (κ3) is 3.22. The summed E-state index contributed by atoms with van der Waals surface area (Å²) in [5.41, 5.74) is 0. The number of carboxylic acids is 1. The molecule has 0 aliphatic carbocycles. The third-order valence-electron chi connectivity index (χ3n) is 1.16. The zero-order chi connectivity index (χ0) is 9.72. The molecule has 2 N–H and O–H groups in total. The predicted octanol–water partition coefficient (Wildman–Crippen LogP) is -3.38. The average Bonchev–Trinajstić information content (AvgIpc) is 2.02. The van der Waals surface area contributed by atoms with Crippen LogP contribution in [0, 0.1) is 0 Å². The summed E-state index contributed by atoms with van der Waals surface area (Å²) >= 11 is 0. The third-order valence-corrected chi connectivity index (χ3v) is 1.16. The van der Waals surface area contributed by atoms with E-state index in [0.717, 1.165) is 0 Å². The lowest BCUT2D eigenvalue weighted by Gasteiger charge is -2.11. The van der Waals surface area contributed by atoms with Crippen LogP contribution in [0.1, 0.15) is 6.42 Å². The maximum absolute atomic E-state index is 10.3. The van der Waals surface area contributed by atoms with Gasteiger partial charge in [0.2, 0.25) is 0 Å². The van der Waals surface area contributed by atoms with E-state index in [0.29, 0.717) is 0 Å². The SMILES string of the molecule is O=C[C@H](O)[C@@H](O)CC(=O)C(=O)[O-]. The van der Waals surface area contributed by atoms with Gasteiger partial charge in [0.15, 0.2) is 12.1 Å². The number of carbonyl (C=O) groups excluding carboxylic acids is 3. The highest BCUT2D eigenvalue weighted by Gasteiger charge is 2.19. The standard InChI is InChI=1S/C6H8O6/c7-2-5(10)3(8)1-4(9)6(11)12/h2-3,5,8,10H,1H2,(H,11,12)/p-1/t3-,5-/m0/s1. The summed E-state index contributed by atoms with van der Waals surface area (Å²) in [7, 11) is 0. The van der Waals surface area contributed by atoms with Gasteiger partial charge in [0.1, 0.15) is 12.1 Å². The van der Waals surface area contributed by atoms with E-state index >= 15 is 0 Å². The summed E-state index contributed by atoms with van der Waals surface area (Å²) < 4.78 is 0. The lowest BCUT2D eigenvalue weighted by molar-refractivity contribution is -0.300. The Hall–Kier alpha value is -1.27. The molecule has 0 aromatic rings. The molecule has 0 aromatic heterocycles. The van der Waals surface area contributed by atoms with Crippen LogP contribution in [-0.2, 0) is 14.4 Å². The van der Waals surface area contributed by atoms with Crippen molar-refractivity contribution in [2.45, 2.75) is 18.6 Å². The molecule has 6 heteroatoms. The second-order valence-electron chi connectivity index (χ2n) is 2.11. The minimum Gasteiger partial charge on any atom is -0.542 e. The van der Waals surface area contributed by atoms with Crippen LogP contribution in [0.5, 0.6) is 0 Å². The van der Waals surface area contributed by atoms with Gasteiger partial charge in [0.25, 0.3) is 0 Å². The number of rotatable bonds is 5. The number of carbonyl (C=O) groups is 3. The fourth-order valence-corrected chi connectivity index (χ4v) is 0.485. The highest BCUT2D eigenvalue weighted by molar-refractivity contribution is 6.31. The fourth-order valence-electron chi connectivity index (χ4n) is 0.485. The number of hydrogen-bond donors (Lipinski definition) is 2. The molecule has 0 aromatic carbocycles. The number of aldehydes is 1. The van der Waals surface area contributed by atoms with Crippen LogP contribution in [0.4, 0.5) is 0 Å². The quantitative estimate of drug-likeness (QED) is 0.332. The summed E-state index contributed by atoms with van der Waals surface area (Å²) in [5, 5.41) is 27.1. The van der Waals surface area contributed by atoms with E-state index in [1.54, 1.807) is 0 Å². The summed E-state index contributed by atoms with van der Waals surface area (Å²) in [6.45, 7) is 0. The Kier molecular flexibility index (Phi) is 4.09. The maximum Gasteiger partial charge on any atom is 0.180 e. The second-order valence-corrected chi connectivity index (χ2v) is 2.11. The van der Waals surface area contributed by atoms with Crippen LogP contribution in [0.15, 0.2) is 0 Å². The predicted molar refractivity (Wildman–Crippen MR) is 32.7 cm³/mol. The first-order chi connectivity index (χ1) is 5.49. The van der Waals surface area contributed by atoms with Gasteiger partial charge >= 0.3 is 0 Å². The van der Waals surface area contributed by atoms with Crippen molar-refractivity contribution in [2.75, 3.05) is 0 Å². The van der Waals surface area contributed by atoms with E-state index in [1.165, 1.54) is 0 Å². The van der Waals surface area contributed by atoms with E-state index in [4.69, 9.17) is 10.2 Å².